The van der Waals surface area contributed by atoms with Crippen LogP contribution in [0.4, 0.5) is 13.2 Å². The lowest BCUT2D eigenvalue weighted by atomic mass is 10.2. The highest BCUT2D eigenvalue weighted by Gasteiger charge is 2.33. The normalized spacial score (nSPS) is 11.5. The van der Waals surface area contributed by atoms with Crippen molar-refractivity contribution >= 4 is 21.7 Å². The molecule has 2 nitrogen and oxygen atoms in total. The molecule has 1 aromatic rings. The molecule has 0 unspecified atom stereocenters. The molecule has 76 valence electrons. The maximum atomic E-state index is 12.2. The fourth-order valence-corrected chi connectivity index (χ4v) is 1.26. The zero-order valence-electron chi connectivity index (χ0n) is 7.02. The van der Waals surface area contributed by atoms with Crippen molar-refractivity contribution in [2.45, 2.75) is 13.1 Å². The van der Waals surface area contributed by atoms with Gasteiger partial charge in [-0.3, -0.25) is 4.79 Å². The van der Waals surface area contributed by atoms with Crippen LogP contribution >= 0.6 is 15.9 Å². The Hall–Kier alpha value is -0.910. The summed E-state index contributed by atoms with van der Waals surface area (Å²) in [5.41, 5.74) is -1.27. The standard InChI is InChI=1S/C8H5BrF3NO/c1-4(14)6-2-5(9)3-7(13-6)8(10,11)12/h2-3H,1H3. The van der Waals surface area contributed by atoms with Crippen LogP contribution in [0.5, 0.6) is 0 Å². The van der Waals surface area contributed by atoms with Gasteiger partial charge in [-0.05, 0) is 12.1 Å². The Morgan fingerprint density at radius 3 is 2.43 bits per heavy atom. The number of aromatic nitrogens is 1. The molecule has 0 saturated carbocycles. The molecule has 0 saturated heterocycles. The third-order valence-electron chi connectivity index (χ3n) is 1.44. The second kappa shape index (κ2) is 3.68. The van der Waals surface area contributed by atoms with Crippen molar-refractivity contribution in [3.8, 4) is 0 Å². The van der Waals surface area contributed by atoms with E-state index >= 15 is 0 Å². The summed E-state index contributed by atoms with van der Waals surface area (Å²) in [4.78, 5) is 14.0. The Balaban J connectivity index is 3.28. The largest absolute Gasteiger partial charge is 0.433 e. The van der Waals surface area contributed by atoms with Crippen molar-refractivity contribution in [1.82, 2.24) is 4.98 Å². The Labute approximate surface area is 86.3 Å². The average Bonchev–Trinajstić information content (AvgIpc) is 2.01. The third-order valence-corrected chi connectivity index (χ3v) is 1.90. The number of carbonyl (C=O) groups is 1. The van der Waals surface area contributed by atoms with Crippen molar-refractivity contribution in [2.24, 2.45) is 0 Å². The van der Waals surface area contributed by atoms with Crippen LogP contribution in [0.15, 0.2) is 16.6 Å². The molecule has 6 heteroatoms. The van der Waals surface area contributed by atoms with E-state index in [9.17, 15) is 18.0 Å². The number of carbonyl (C=O) groups excluding carboxylic acids is 1. The van der Waals surface area contributed by atoms with Crippen molar-refractivity contribution in [2.75, 3.05) is 0 Å². The molecule has 0 spiro atoms. The van der Waals surface area contributed by atoms with Crippen molar-refractivity contribution in [3.63, 3.8) is 0 Å². The number of hydrogen-bond acceptors (Lipinski definition) is 2. The molecule has 0 amide bonds. The summed E-state index contributed by atoms with van der Waals surface area (Å²) in [6.45, 7) is 1.16. The molecule has 14 heavy (non-hydrogen) atoms. The first kappa shape index (κ1) is 11.2. The monoisotopic (exact) mass is 267 g/mol. The molecular weight excluding hydrogens is 263 g/mol. The second-order valence-electron chi connectivity index (χ2n) is 2.61. The Kier molecular flexibility index (Phi) is 2.94. The summed E-state index contributed by atoms with van der Waals surface area (Å²) in [5.74, 6) is -0.503. The number of rotatable bonds is 1. The maximum absolute atomic E-state index is 12.2. The van der Waals surface area contributed by atoms with Crippen LogP contribution in [0.25, 0.3) is 0 Å². The first-order chi connectivity index (χ1) is 6.30. The quantitative estimate of drug-likeness (QED) is 0.732. The van der Waals surface area contributed by atoms with Crippen molar-refractivity contribution in [3.05, 3.63) is 28.0 Å². The van der Waals surface area contributed by atoms with Crippen molar-refractivity contribution < 1.29 is 18.0 Å². The Morgan fingerprint density at radius 2 is 2.00 bits per heavy atom. The fourth-order valence-electron chi connectivity index (χ4n) is 0.823. The minimum absolute atomic E-state index is 0.185. The first-order valence-corrected chi connectivity index (χ1v) is 4.35. The highest BCUT2D eigenvalue weighted by atomic mass is 79.9. The van der Waals surface area contributed by atoms with Gasteiger partial charge in [-0.15, -0.1) is 0 Å². The predicted molar refractivity (Wildman–Crippen MR) is 46.9 cm³/mol. The van der Waals surface area contributed by atoms with E-state index < -0.39 is 17.7 Å². The van der Waals surface area contributed by atoms with Gasteiger partial charge in [-0.2, -0.15) is 13.2 Å². The number of hydrogen-bond donors (Lipinski definition) is 0. The van der Waals surface area contributed by atoms with E-state index in [0.717, 1.165) is 13.0 Å². The molecule has 0 aliphatic heterocycles. The number of pyridine rings is 1. The van der Waals surface area contributed by atoms with Gasteiger partial charge in [0.25, 0.3) is 0 Å². The van der Waals surface area contributed by atoms with E-state index in [-0.39, 0.29) is 10.2 Å². The van der Waals surface area contributed by atoms with Gasteiger partial charge in [0.15, 0.2) is 5.78 Å². The average molecular weight is 268 g/mol. The van der Waals surface area contributed by atoms with Crippen LogP contribution in [0.2, 0.25) is 0 Å². The lowest BCUT2D eigenvalue weighted by molar-refractivity contribution is -0.141. The fraction of sp³-hybridized carbons (Fsp3) is 0.250. The highest BCUT2D eigenvalue weighted by Crippen LogP contribution is 2.29. The SMILES string of the molecule is CC(=O)c1cc(Br)cc(C(F)(F)F)n1. The van der Waals surface area contributed by atoms with Gasteiger partial charge in [0, 0.05) is 11.4 Å². The van der Waals surface area contributed by atoms with Gasteiger partial charge in [-0.25, -0.2) is 4.98 Å². The number of ketones is 1. The van der Waals surface area contributed by atoms with E-state index in [1.165, 1.54) is 6.07 Å². The van der Waals surface area contributed by atoms with Crippen LogP contribution < -0.4 is 0 Å². The minimum Gasteiger partial charge on any atom is -0.293 e. The van der Waals surface area contributed by atoms with E-state index in [1.54, 1.807) is 0 Å². The highest BCUT2D eigenvalue weighted by molar-refractivity contribution is 9.10. The molecule has 1 rings (SSSR count). The zero-order valence-corrected chi connectivity index (χ0v) is 8.61. The summed E-state index contributed by atoms with van der Waals surface area (Å²) in [5, 5.41) is 0. The number of Topliss-reactive ketones (excluding diaryl/α,β-unsaturated/α-hetero) is 1. The van der Waals surface area contributed by atoms with E-state index in [4.69, 9.17) is 0 Å². The summed E-state index contributed by atoms with van der Waals surface area (Å²) < 4.78 is 36.8. The minimum atomic E-state index is -4.53. The van der Waals surface area contributed by atoms with Crippen LogP contribution in [0.1, 0.15) is 23.1 Å². The maximum Gasteiger partial charge on any atom is 0.433 e. The van der Waals surface area contributed by atoms with Crippen LogP contribution in [0, 0.1) is 0 Å². The van der Waals surface area contributed by atoms with Crippen LogP contribution in [-0.4, -0.2) is 10.8 Å². The van der Waals surface area contributed by atoms with Gasteiger partial charge < -0.3 is 0 Å². The van der Waals surface area contributed by atoms with E-state index in [0.29, 0.717) is 0 Å². The van der Waals surface area contributed by atoms with Gasteiger partial charge >= 0.3 is 6.18 Å². The van der Waals surface area contributed by atoms with Crippen molar-refractivity contribution in [1.29, 1.82) is 0 Å². The van der Waals surface area contributed by atoms with Gasteiger partial charge in [0.05, 0.1) is 0 Å². The van der Waals surface area contributed by atoms with Gasteiger partial charge in [0.2, 0.25) is 0 Å². The Bertz CT molecular complexity index is 375. The number of halogens is 4. The Morgan fingerprint density at radius 1 is 1.43 bits per heavy atom. The summed E-state index contributed by atoms with van der Waals surface area (Å²) in [6, 6.07) is 2.07. The molecule has 0 bridgehead atoms. The van der Waals surface area contributed by atoms with E-state index in [2.05, 4.69) is 20.9 Å². The van der Waals surface area contributed by atoms with Crippen LogP contribution in [0.3, 0.4) is 0 Å². The van der Waals surface area contributed by atoms with Crippen LogP contribution in [-0.2, 0) is 6.18 Å². The zero-order chi connectivity index (χ0) is 10.9. The molecule has 0 aliphatic rings. The molecule has 0 radical (unpaired) electrons. The van der Waals surface area contributed by atoms with Gasteiger partial charge in [-0.1, -0.05) is 15.9 Å². The molecule has 1 heterocycles. The smallest absolute Gasteiger partial charge is 0.293 e. The van der Waals surface area contributed by atoms with E-state index in [1.807, 2.05) is 0 Å². The second-order valence-corrected chi connectivity index (χ2v) is 3.53. The first-order valence-electron chi connectivity index (χ1n) is 3.56. The molecule has 0 aliphatic carbocycles. The lowest BCUT2D eigenvalue weighted by Gasteiger charge is -2.07. The molecule has 0 aromatic carbocycles. The molecule has 0 N–H and O–H groups in total. The summed E-state index contributed by atoms with van der Waals surface area (Å²) >= 11 is 2.88. The topological polar surface area (TPSA) is 30.0 Å². The summed E-state index contributed by atoms with van der Waals surface area (Å²) in [6.07, 6.45) is -4.53. The molecule has 1 aromatic heterocycles. The predicted octanol–water partition coefficient (Wildman–Crippen LogP) is 3.07. The lowest BCUT2D eigenvalue weighted by Crippen LogP contribution is -2.11. The molecule has 0 fully saturated rings. The molecular formula is C8H5BrF3NO. The third kappa shape index (κ3) is 2.54. The number of alkyl halides is 3. The summed E-state index contributed by atoms with van der Waals surface area (Å²) in [7, 11) is 0. The number of nitrogens with zero attached hydrogens (tertiary/aromatic N) is 1. The molecule has 0 atom stereocenters. The van der Waals surface area contributed by atoms with Gasteiger partial charge in [0.1, 0.15) is 11.4 Å².